The molecule has 0 saturated carbocycles. The Hall–Kier alpha value is -1.57. The van der Waals surface area contributed by atoms with Crippen molar-refractivity contribution >= 4 is 10.9 Å². The van der Waals surface area contributed by atoms with Gasteiger partial charge in [-0.2, -0.15) is 0 Å². The summed E-state index contributed by atoms with van der Waals surface area (Å²) in [7, 11) is 0. The second-order valence-corrected chi connectivity index (χ2v) is 5.15. The average molecular weight is 243 g/mol. The summed E-state index contributed by atoms with van der Waals surface area (Å²) in [5.74, 6) is 0. The first-order chi connectivity index (χ1) is 8.54. The van der Waals surface area contributed by atoms with E-state index in [0.717, 1.165) is 30.5 Å². The Morgan fingerprint density at radius 1 is 1.06 bits per heavy atom. The molecule has 18 heavy (non-hydrogen) atoms. The van der Waals surface area contributed by atoms with Crippen LogP contribution in [0.4, 0.5) is 0 Å². The summed E-state index contributed by atoms with van der Waals surface area (Å²) in [4.78, 5) is 12.2. The zero-order chi connectivity index (χ0) is 13.3. The van der Waals surface area contributed by atoms with Gasteiger partial charge in [-0.25, -0.2) is 0 Å². The average Bonchev–Trinajstić information content (AvgIpc) is 2.29. The molecule has 0 amide bonds. The third-order valence-corrected chi connectivity index (χ3v) is 3.48. The van der Waals surface area contributed by atoms with Gasteiger partial charge in [-0.1, -0.05) is 25.0 Å². The van der Waals surface area contributed by atoms with Crippen LogP contribution in [0.5, 0.6) is 0 Å². The van der Waals surface area contributed by atoms with Gasteiger partial charge in [0, 0.05) is 18.0 Å². The quantitative estimate of drug-likeness (QED) is 0.805. The van der Waals surface area contributed by atoms with Crippen LogP contribution in [0.2, 0.25) is 0 Å². The van der Waals surface area contributed by atoms with Crippen molar-refractivity contribution in [2.24, 2.45) is 0 Å². The number of benzene rings is 1. The molecule has 0 bridgehead atoms. The summed E-state index contributed by atoms with van der Waals surface area (Å²) in [6, 6.07) is 6.10. The molecule has 0 aliphatic heterocycles. The minimum Gasteiger partial charge on any atom is -0.308 e. The molecule has 0 spiro atoms. The largest absolute Gasteiger partial charge is 0.308 e. The van der Waals surface area contributed by atoms with Gasteiger partial charge >= 0.3 is 0 Å². The summed E-state index contributed by atoms with van der Waals surface area (Å²) in [6.45, 7) is 9.19. The Bertz CT molecular complexity index is 638. The first kappa shape index (κ1) is 12.9. The molecule has 0 aliphatic rings. The Labute approximate surface area is 108 Å². The highest BCUT2D eigenvalue weighted by molar-refractivity contribution is 5.86. The Morgan fingerprint density at radius 2 is 1.78 bits per heavy atom. The van der Waals surface area contributed by atoms with Crippen LogP contribution < -0.4 is 5.56 Å². The number of pyridine rings is 1. The lowest BCUT2D eigenvalue weighted by Gasteiger charge is -2.14. The molecule has 0 fully saturated rings. The molecule has 1 aromatic carbocycles. The van der Waals surface area contributed by atoms with Crippen molar-refractivity contribution in [2.75, 3.05) is 0 Å². The fourth-order valence-electron chi connectivity index (χ4n) is 2.61. The molecular weight excluding hydrogens is 222 g/mol. The number of rotatable bonds is 3. The number of unbranched alkanes of at least 4 members (excludes halogenated alkanes) is 1. The van der Waals surface area contributed by atoms with Gasteiger partial charge in [0.15, 0.2) is 0 Å². The predicted molar refractivity (Wildman–Crippen MR) is 77.3 cm³/mol. The second kappa shape index (κ2) is 4.97. The monoisotopic (exact) mass is 243 g/mol. The van der Waals surface area contributed by atoms with Crippen LogP contribution >= 0.6 is 0 Å². The number of hydrogen-bond donors (Lipinski definition) is 0. The van der Waals surface area contributed by atoms with Crippen molar-refractivity contribution in [3.05, 3.63) is 45.2 Å². The molecule has 2 heteroatoms. The van der Waals surface area contributed by atoms with Gasteiger partial charge in [0.1, 0.15) is 0 Å². The van der Waals surface area contributed by atoms with Crippen LogP contribution in [0.15, 0.2) is 23.0 Å². The molecule has 0 radical (unpaired) electrons. The molecule has 2 aromatic rings. The lowest BCUT2D eigenvalue weighted by Crippen LogP contribution is -2.21. The highest BCUT2D eigenvalue weighted by atomic mass is 16.1. The third kappa shape index (κ3) is 2.20. The lowest BCUT2D eigenvalue weighted by atomic mass is 10.0. The van der Waals surface area contributed by atoms with Crippen LogP contribution in [-0.2, 0) is 6.54 Å². The van der Waals surface area contributed by atoms with Gasteiger partial charge in [0.2, 0.25) is 0 Å². The van der Waals surface area contributed by atoms with Crippen molar-refractivity contribution in [2.45, 2.75) is 47.1 Å². The van der Waals surface area contributed by atoms with Crippen molar-refractivity contribution in [1.82, 2.24) is 4.57 Å². The van der Waals surface area contributed by atoms with Crippen molar-refractivity contribution < 1.29 is 0 Å². The summed E-state index contributed by atoms with van der Waals surface area (Å²) >= 11 is 0. The summed E-state index contributed by atoms with van der Waals surface area (Å²) in [6.07, 6.45) is 2.15. The molecule has 0 N–H and O–H groups in total. The van der Waals surface area contributed by atoms with Gasteiger partial charge in [-0.3, -0.25) is 4.79 Å². The topological polar surface area (TPSA) is 22.0 Å². The van der Waals surface area contributed by atoms with E-state index in [1.54, 1.807) is 6.07 Å². The Morgan fingerprint density at radius 3 is 2.44 bits per heavy atom. The van der Waals surface area contributed by atoms with E-state index in [-0.39, 0.29) is 5.56 Å². The number of aromatic nitrogens is 1. The molecule has 0 saturated heterocycles. The van der Waals surface area contributed by atoms with Crippen LogP contribution in [0.3, 0.4) is 0 Å². The van der Waals surface area contributed by atoms with Crippen LogP contribution in [-0.4, -0.2) is 4.57 Å². The summed E-state index contributed by atoms with van der Waals surface area (Å²) < 4.78 is 1.93. The van der Waals surface area contributed by atoms with Crippen LogP contribution in [0.1, 0.15) is 36.5 Å². The number of fused-ring (bicyclic) bond motifs is 1. The van der Waals surface area contributed by atoms with Crippen molar-refractivity contribution in [3.63, 3.8) is 0 Å². The molecule has 1 heterocycles. The minimum absolute atomic E-state index is 0.125. The first-order valence-electron chi connectivity index (χ1n) is 6.66. The molecule has 96 valence electrons. The minimum atomic E-state index is 0.125. The maximum atomic E-state index is 12.2. The molecule has 0 atom stereocenters. The lowest BCUT2D eigenvalue weighted by molar-refractivity contribution is 0.630. The molecule has 1 aromatic heterocycles. The third-order valence-electron chi connectivity index (χ3n) is 3.48. The standard InChI is InChI=1S/C16H21NO/c1-5-6-7-17-15(18)10-12(3)14-9-11(2)8-13(4)16(14)17/h8-10H,5-7H2,1-4H3. The fourth-order valence-corrected chi connectivity index (χ4v) is 2.61. The normalized spacial score (nSPS) is 11.1. The van der Waals surface area contributed by atoms with Crippen molar-refractivity contribution in [3.8, 4) is 0 Å². The molecule has 2 nitrogen and oxygen atoms in total. The SMILES string of the molecule is CCCCn1c(=O)cc(C)c2cc(C)cc(C)c21. The van der Waals surface area contributed by atoms with E-state index in [1.807, 2.05) is 11.5 Å². The highest BCUT2D eigenvalue weighted by Crippen LogP contribution is 2.22. The molecule has 0 aliphatic carbocycles. The number of aryl methyl sites for hydroxylation is 4. The van der Waals surface area contributed by atoms with Gasteiger partial charge < -0.3 is 4.57 Å². The van der Waals surface area contributed by atoms with Crippen LogP contribution in [0, 0.1) is 20.8 Å². The Kier molecular flexibility index (Phi) is 3.55. The number of hydrogen-bond acceptors (Lipinski definition) is 1. The van der Waals surface area contributed by atoms with E-state index in [9.17, 15) is 4.79 Å². The van der Waals surface area contributed by atoms with E-state index < -0.39 is 0 Å². The van der Waals surface area contributed by atoms with Gasteiger partial charge in [-0.15, -0.1) is 0 Å². The number of nitrogens with zero attached hydrogens (tertiary/aromatic N) is 1. The summed E-state index contributed by atoms with van der Waals surface area (Å²) in [5.41, 5.74) is 4.76. The van der Waals surface area contributed by atoms with Gasteiger partial charge in [0.25, 0.3) is 5.56 Å². The van der Waals surface area contributed by atoms with E-state index in [4.69, 9.17) is 0 Å². The van der Waals surface area contributed by atoms with E-state index >= 15 is 0 Å². The maximum absolute atomic E-state index is 12.2. The first-order valence-corrected chi connectivity index (χ1v) is 6.66. The second-order valence-electron chi connectivity index (χ2n) is 5.15. The zero-order valence-electron chi connectivity index (χ0n) is 11.7. The Balaban J connectivity index is 2.80. The highest BCUT2D eigenvalue weighted by Gasteiger charge is 2.09. The van der Waals surface area contributed by atoms with E-state index in [1.165, 1.54) is 16.5 Å². The zero-order valence-corrected chi connectivity index (χ0v) is 11.7. The predicted octanol–water partition coefficient (Wildman–Crippen LogP) is 3.73. The summed E-state index contributed by atoms with van der Waals surface area (Å²) in [5, 5.41) is 1.21. The molecule has 0 unspecified atom stereocenters. The fraction of sp³-hybridized carbons (Fsp3) is 0.438. The van der Waals surface area contributed by atoms with E-state index in [0.29, 0.717) is 0 Å². The van der Waals surface area contributed by atoms with Gasteiger partial charge in [-0.05, 0) is 44.4 Å². The molecular formula is C16H21NO. The van der Waals surface area contributed by atoms with Gasteiger partial charge in [0.05, 0.1) is 5.52 Å². The van der Waals surface area contributed by atoms with Crippen LogP contribution in [0.25, 0.3) is 10.9 Å². The van der Waals surface area contributed by atoms with E-state index in [2.05, 4.69) is 32.9 Å². The van der Waals surface area contributed by atoms with Crippen molar-refractivity contribution in [1.29, 1.82) is 0 Å². The smallest absolute Gasteiger partial charge is 0.251 e. The maximum Gasteiger partial charge on any atom is 0.251 e. The molecule has 2 rings (SSSR count).